The Bertz CT molecular complexity index is 695. The maximum atomic E-state index is 12.6. The van der Waals surface area contributed by atoms with Gasteiger partial charge in [0.25, 0.3) is 0 Å². The molecule has 0 aromatic heterocycles. The molecule has 5 nitrogen and oxygen atoms in total. The molecule has 0 spiro atoms. The second-order valence-electron chi connectivity index (χ2n) is 9.84. The molecule has 158 valence electrons. The fourth-order valence-corrected chi connectivity index (χ4v) is 7.07. The molecule has 0 amide bonds. The molecule has 0 aromatic rings. The summed E-state index contributed by atoms with van der Waals surface area (Å²) in [5.41, 5.74) is 6.05. The first kappa shape index (κ1) is 21.8. The van der Waals surface area contributed by atoms with Crippen molar-refractivity contribution < 1.29 is 14.7 Å². The van der Waals surface area contributed by atoms with Gasteiger partial charge in [0.05, 0.1) is 11.3 Å². The van der Waals surface area contributed by atoms with Crippen molar-refractivity contribution in [3.8, 4) is 0 Å². The van der Waals surface area contributed by atoms with Gasteiger partial charge in [-0.05, 0) is 61.9 Å². The lowest BCUT2D eigenvalue weighted by molar-refractivity contribution is -0.161. The Kier molecular flexibility index (Phi) is 5.76. The summed E-state index contributed by atoms with van der Waals surface area (Å²) in [4.78, 5) is 17.9. The van der Waals surface area contributed by atoms with E-state index in [2.05, 4.69) is 25.6 Å². The lowest BCUT2D eigenvalue weighted by Crippen LogP contribution is -2.63. The summed E-state index contributed by atoms with van der Waals surface area (Å²) in [6, 6.07) is 0. The molecule has 0 aliphatic heterocycles. The maximum Gasteiger partial charge on any atom is 0.139 e. The van der Waals surface area contributed by atoms with Gasteiger partial charge < -0.3 is 15.7 Å². The summed E-state index contributed by atoms with van der Waals surface area (Å²) in [5.74, 6) is 1.82. The van der Waals surface area contributed by atoms with E-state index < -0.39 is 5.60 Å². The molecule has 0 heterocycles. The standard InChI is InChI=1S/C22H34N2O3.ClH/c1-14-12-16-17-4-5-19(25)20(17,2)8-7-18(16)21(3)9-6-15(13-22(14,21)26)24-27-11-10-23;/h16-18,26H,1,4-13,23H2,2-3H3;1H/b24-15-;/t16-,17-,18-,20-,21+,22-;/m0./s1. The molecule has 4 aliphatic rings. The number of nitrogens with two attached hydrogens (primary N) is 1. The van der Waals surface area contributed by atoms with E-state index >= 15 is 0 Å². The van der Waals surface area contributed by atoms with E-state index in [1.807, 2.05) is 0 Å². The predicted molar refractivity (Wildman–Crippen MR) is 112 cm³/mol. The number of nitrogens with zero attached hydrogens (tertiary/aromatic N) is 1. The van der Waals surface area contributed by atoms with Crippen LogP contribution in [-0.4, -0.2) is 35.4 Å². The molecule has 4 aliphatic carbocycles. The lowest BCUT2D eigenvalue weighted by atomic mass is 9.43. The van der Waals surface area contributed by atoms with Gasteiger partial charge in [0.1, 0.15) is 12.4 Å². The predicted octanol–water partition coefficient (Wildman–Crippen LogP) is 3.63. The molecule has 0 aromatic carbocycles. The van der Waals surface area contributed by atoms with Crippen LogP contribution in [0.1, 0.15) is 65.2 Å². The Morgan fingerprint density at radius 1 is 1.25 bits per heavy atom. The number of hydrogen-bond donors (Lipinski definition) is 2. The van der Waals surface area contributed by atoms with E-state index in [-0.39, 0.29) is 23.2 Å². The number of aliphatic hydroxyl groups is 1. The summed E-state index contributed by atoms with van der Waals surface area (Å²) in [5, 5.41) is 16.1. The van der Waals surface area contributed by atoms with Gasteiger partial charge in [0.2, 0.25) is 0 Å². The number of oxime groups is 1. The molecule has 3 N–H and O–H groups in total. The molecule has 0 unspecified atom stereocenters. The third-order valence-corrected chi connectivity index (χ3v) is 8.77. The minimum Gasteiger partial charge on any atom is -0.395 e. The van der Waals surface area contributed by atoms with Crippen LogP contribution in [0.4, 0.5) is 0 Å². The fraction of sp³-hybridized carbons (Fsp3) is 0.818. The van der Waals surface area contributed by atoms with Crippen molar-refractivity contribution in [1.82, 2.24) is 0 Å². The van der Waals surface area contributed by atoms with Gasteiger partial charge in [-0.1, -0.05) is 25.6 Å². The van der Waals surface area contributed by atoms with Crippen LogP contribution in [0.25, 0.3) is 0 Å². The number of halogens is 1. The highest BCUT2D eigenvalue weighted by molar-refractivity contribution is 5.88. The average molecular weight is 411 g/mol. The highest BCUT2D eigenvalue weighted by atomic mass is 35.5. The smallest absolute Gasteiger partial charge is 0.139 e. The van der Waals surface area contributed by atoms with E-state index in [4.69, 9.17) is 10.6 Å². The van der Waals surface area contributed by atoms with Crippen LogP contribution >= 0.6 is 12.4 Å². The van der Waals surface area contributed by atoms with Crippen LogP contribution < -0.4 is 5.73 Å². The second-order valence-corrected chi connectivity index (χ2v) is 9.84. The molecule has 0 saturated heterocycles. The molecular weight excluding hydrogens is 376 g/mol. The largest absolute Gasteiger partial charge is 0.395 e. The number of carbonyl (C=O) groups excluding carboxylic acids is 1. The Labute approximate surface area is 174 Å². The third-order valence-electron chi connectivity index (χ3n) is 8.77. The van der Waals surface area contributed by atoms with Gasteiger partial charge in [-0.3, -0.25) is 4.79 Å². The van der Waals surface area contributed by atoms with Gasteiger partial charge in [-0.25, -0.2) is 0 Å². The molecule has 28 heavy (non-hydrogen) atoms. The maximum absolute atomic E-state index is 12.6. The molecular formula is C22H35ClN2O3. The highest BCUT2D eigenvalue weighted by Crippen LogP contribution is 2.67. The zero-order valence-electron chi connectivity index (χ0n) is 17.2. The molecule has 6 heteroatoms. The number of hydrogen-bond acceptors (Lipinski definition) is 5. The Hall–Kier alpha value is -0.910. The quantitative estimate of drug-likeness (QED) is 0.422. The summed E-state index contributed by atoms with van der Waals surface area (Å²) in [6.45, 7) is 9.63. The van der Waals surface area contributed by atoms with Crippen molar-refractivity contribution >= 4 is 23.9 Å². The van der Waals surface area contributed by atoms with Crippen molar-refractivity contribution in [1.29, 1.82) is 0 Å². The summed E-state index contributed by atoms with van der Waals surface area (Å²) >= 11 is 0. The van der Waals surface area contributed by atoms with Crippen molar-refractivity contribution in [3.63, 3.8) is 0 Å². The first-order chi connectivity index (χ1) is 12.8. The van der Waals surface area contributed by atoms with Crippen molar-refractivity contribution in [3.05, 3.63) is 12.2 Å². The van der Waals surface area contributed by atoms with Crippen LogP contribution in [0.15, 0.2) is 17.3 Å². The van der Waals surface area contributed by atoms with Crippen LogP contribution in [0.3, 0.4) is 0 Å². The topological polar surface area (TPSA) is 84.9 Å². The van der Waals surface area contributed by atoms with Gasteiger partial charge in [0.15, 0.2) is 0 Å². The number of Topliss-reactive ketones (excluding diaryl/α,β-unsaturated/α-hetero) is 1. The minimum absolute atomic E-state index is 0. The molecule has 0 bridgehead atoms. The van der Waals surface area contributed by atoms with E-state index in [1.54, 1.807) is 0 Å². The zero-order chi connectivity index (χ0) is 19.4. The molecule has 4 rings (SSSR count). The number of ketones is 1. The van der Waals surface area contributed by atoms with Gasteiger partial charge in [-0.2, -0.15) is 0 Å². The van der Waals surface area contributed by atoms with Crippen LogP contribution in [0.2, 0.25) is 0 Å². The van der Waals surface area contributed by atoms with Crippen molar-refractivity contribution in [2.45, 2.75) is 70.8 Å². The van der Waals surface area contributed by atoms with E-state index in [9.17, 15) is 9.90 Å². The fourth-order valence-electron chi connectivity index (χ4n) is 7.07. The van der Waals surface area contributed by atoms with Crippen LogP contribution in [0.5, 0.6) is 0 Å². The Morgan fingerprint density at radius 3 is 2.71 bits per heavy atom. The normalized spacial score (nSPS) is 46.4. The first-order valence-electron chi connectivity index (χ1n) is 10.6. The van der Waals surface area contributed by atoms with Gasteiger partial charge >= 0.3 is 0 Å². The van der Waals surface area contributed by atoms with E-state index in [1.165, 1.54) is 0 Å². The highest BCUT2D eigenvalue weighted by Gasteiger charge is 2.65. The van der Waals surface area contributed by atoms with Crippen molar-refractivity contribution in [2.24, 2.45) is 39.5 Å². The van der Waals surface area contributed by atoms with E-state index in [0.29, 0.717) is 43.1 Å². The SMILES string of the molecule is C=C1C[C@H]2[C@@H]3CCC(=O)[C@@]3(C)CC[C@@H]2[C@@]2(C)CC/C(=N/OCCN)C[C@]12O.Cl. The van der Waals surface area contributed by atoms with Crippen LogP contribution in [-0.2, 0) is 9.63 Å². The first-order valence-corrected chi connectivity index (χ1v) is 10.6. The molecule has 0 radical (unpaired) electrons. The average Bonchev–Trinajstić information content (AvgIpc) is 2.93. The number of carbonyl (C=O) groups is 1. The Balaban J connectivity index is 0.00000225. The second kappa shape index (κ2) is 7.41. The summed E-state index contributed by atoms with van der Waals surface area (Å²) in [7, 11) is 0. The van der Waals surface area contributed by atoms with Crippen molar-refractivity contribution in [2.75, 3.05) is 13.2 Å². The zero-order valence-corrected chi connectivity index (χ0v) is 18.0. The van der Waals surface area contributed by atoms with E-state index in [0.717, 1.165) is 56.2 Å². The lowest BCUT2D eigenvalue weighted by Gasteiger charge is -2.63. The summed E-state index contributed by atoms with van der Waals surface area (Å²) < 4.78 is 0. The van der Waals surface area contributed by atoms with Crippen LogP contribution in [0, 0.1) is 28.6 Å². The molecule has 6 atom stereocenters. The molecule has 4 fully saturated rings. The van der Waals surface area contributed by atoms with Gasteiger partial charge in [-0.15, -0.1) is 12.4 Å². The monoisotopic (exact) mass is 410 g/mol. The molecule has 4 saturated carbocycles. The van der Waals surface area contributed by atoms with Gasteiger partial charge in [0, 0.05) is 30.2 Å². The number of fused-ring (bicyclic) bond motifs is 5. The third kappa shape index (κ3) is 2.88. The number of rotatable bonds is 3. The summed E-state index contributed by atoms with van der Waals surface area (Å²) in [6.07, 6.45) is 6.83. The Morgan fingerprint density at radius 2 is 2.00 bits per heavy atom. The minimum atomic E-state index is -0.923.